The van der Waals surface area contributed by atoms with Gasteiger partial charge in [0.25, 0.3) is 0 Å². The molecule has 9 heteroatoms. The van der Waals surface area contributed by atoms with Gasteiger partial charge in [0, 0.05) is 15.7 Å². The molecule has 1 amide bonds. The Bertz CT molecular complexity index is 1220. The summed E-state index contributed by atoms with van der Waals surface area (Å²) in [6.07, 6.45) is 0. The first-order valence-corrected chi connectivity index (χ1v) is 11.0. The van der Waals surface area contributed by atoms with Gasteiger partial charge in [-0.2, -0.15) is 0 Å². The van der Waals surface area contributed by atoms with Crippen molar-refractivity contribution < 1.29 is 28.6 Å². The number of carbonyl (C=O) groups excluding carboxylic acids is 3. The molecule has 33 heavy (non-hydrogen) atoms. The fraction of sp³-hybridized carbons (Fsp3) is 0.208. The van der Waals surface area contributed by atoms with E-state index in [4.69, 9.17) is 19.9 Å². The van der Waals surface area contributed by atoms with Crippen molar-refractivity contribution in [1.82, 2.24) is 0 Å². The highest BCUT2D eigenvalue weighted by atomic mass is 79.9. The number of benzene rings is 2. The summed E-state index contributed by atoms with van der Waals surface area (Å²) in [4.78, 5) is 40.1. The zero-order valence-electron chi connectivity index (χ0n) is 17.9. The number of amides is 1. The lowest BCUT2D eigenvalue weighted by Crippen LogP contribution is -2.48. The summed E-state index contributed by atoms with van der Waals surface area (Å²) >= 11 is 3.41. The van der Waals surface area contributed by atoms with Crippen LogP contribution in [0.25, 0.3) is 0 Å². The zero-order valence-corrected chi connectivity index (χ0v) is 19.5. The van der Waals surface area contributed by atoms with E-state index in [1.807, 2.05) is 18.2 Å². The number of fused-ring (bicyclic) bond motifs is 2. The molecular formula is C24H21BrN2O6. The molecule has 0 bridgehead atoms. The van der Waals surface area contributed by atoms with Crippen LogP contribution in [0.2, 0.25) is 0 Å². The summed E-state index contributed by atoms with van der Waals surface area (Å²) in [5.41, 5.74) is 5.37. The number of nitrogens with one attached hydrogen (secondary N) is 1. The topological polar surface area (TPSA) is 117 Å². The van der Waals surface area contributed by atoms with Gasteiger partial charge in [0.2, 0.25) is 11.8 Å². The summed E-state index contributed by atoms with van der Waals surface area (Å²) in [6, 6.07) is 14.2. The largest absolute Gasteiger partial charge is 0.462 e. The number of halogens is 1. The number of ether oxygens (including phenoxy) is 3. The molecular weight excluding hydrogens is 492 g/mol. The SMILES string of the molecule is CCOC(=O)C1=C(N)OC(C)=C(C(=O)OCc2ccccc2)[C@@]12C(=O)Nc1ccc(Br)cc12. The third kappa shape index (κ3) is 3.68. The third-order valence-corrected chi connectivity index (χ3v) is 5.98. The molecule has 0 aliphatic carbocycles. The molecule has 4 rings (SSSR count). The van der Waals surface area contributed by atoms with Crippen LogP contribution in [0, 0.1) is 0 Å². The van der Waals surface area contributed by atoms with Gasteiger partial charge in [-0.1, -0.05) is 46.3 Å². The van der Waals surface area contributed by atoms with Gasteiger partial charge in [0.15, 0.2) is 0 Å². The van der Waals surface area contributed by atoms with Crippen LogP contribution in [0.1, 0.15) is 25.0 Å². The monoisotopic (exact) mass is 512 g/mol. The van der Waals surface area contributed by atoms with Gasteiger partial charge >= 0.3 is 11.9 Å². The molecule has 3 N–H and O–H groups in total. The lowest BCUT2D eigenvalue weighted by molar-refractivity contribution is -0.144. The molecule has 0 fully saturated rings. The first-order chi connectivity index (χ1) is 15.8. The number of anilines is 1. The van der Waals surface area contributed by atoms with Gasteiger partial charge in [-0.15, -0.1) is 0 Å². The van der Waals surface area contributed by atoms with Crippen molar-refractivity contribution in [1.29, 1.82) is 0 Å². The Morgan fingerprint density at radius 1 is 1.09 bits per heavy atom. The molecule has 0 saturated heterocycles. The van der Waals surface area contributed by atoms with Gasteiger partial charge < -0.3 is 25.3 Å². The molecule has 0 radical (unpaired) electrons. The van der Waals surface area contributed by atoms with Crippen LogP contribution in [0.3, 0.4) is 0 Å². The summed E-state index contributed by atoms with van der Waals surface area (Å²) in [6.45, 7) is 3.13. The Balaban J connectivity index is 1.89. The molecule has 0 aromatic heterocycles. The van der Waals surface area contributed by atoms with Crippen molar-refractivity contribution >= 4 is 39.5 Å². The number of hydrogen-bond donors (Lipinski definition) is 2. The molecule has 1 spiro atoms. The number of nitrogens with two attached hydrogens (primary N) is 1. The van der Waals surface area contributed by atoms with E-state index in [0.717, 1.165) is 5.56 Å². The van der Waals surface area contributed by atoms with Crippen LogP contribution in [0.5, 0.6) is 0 Å². The Morgan fingerprint density at radius 3 is 2.48 bits per heavy atom. The van der Waals surface area contributed by atoms with E-state index in [1.54, 1.807) is 37.3 Å². The standard InChI is InChI=1S/C24H21BrN2O6/c1-3-31-22(29)19-20(26)33-13(2)18(21(28)32-12-14-7-5-4-6-8-14)24(19)16-11-15(25)9-10-17(16)27-23(24)30/h4-11H,3,12,26H2,1-2H3,(H,27,30)/t24-/m1/s1. The van der Waals surface area contributed by atoms with Gasteiger partial charge in [-0.25, -0.2) is 9.59 Å². The van der Waals surface area contributed by atoms with Crippen molar-refractivity contribution in [2.45, 2.75) is 25.9 Å². The van der Waals surface area contributed by atoms with Crippen LogP contribution in [0.15, 0.2) is 75.8 Å². The third-order valence-electron chi connectivity index (χ3n) is 5.48. The van der Waals surface area contributed by atoms with Crippen molar-refractivity contribution in [2.24, 2.45) is 5.73 Å². The lowest BCUT2D eigenvalue weighted by atomic mass is 9.67. The number of allylic oxidation sites excluding steroid dienone is 1. The van der Waals surface area contributed by atoms with Crippen molar-refractivity contribution in [2.75, 3.05) is 11.9 Å². The summed E-state index contributed by atoms with van der Waals surface area (Å²) in [5, 5.41) is 2.76. The average molecular weight is 513 g/mol. The molecule has 2 aliphatic rings. The molecule has 0 saturated carbocycles. The molecule has 2 aromatic carbocycles. The van der Waals surface area contributed by atoms with Crippen LogP contribution < -0.4 is 11.1 Å². The van der Waals surface area contributed by atoms with Crippen LogP contribution in [0.4, 0.5) is 5.69 Å². The minimum Gasteiger partial charge on any atom is -0.462 e. The minimum absolute atomic E-state index is 0.0343. The first-order valence-electron chi connectivity index (χ1n) is 10.2. The van der Waals surface area contributed by atoms with E-state index in [-0.39, 0.29) is 36.0 Å². The molecule has 2 heterocycles. The lowest BCUT2D eigenvalue weighted by Gasteiger charge is -2.35. The second kappa shape index (κ2) is 8.74. The number of esters is 2. The van der Waals surface area contributed by atoms with E-state index in [1.165, 1.54) is 6.92 Å². The van der Waals surface area contributed by atoms with Crippen molar-refractivity contribution in [3.05, 3.63) is 86.9 Å². The number of hydrogen-bond acceptors (Lipinski definition) is 7. The normalized spacial score (nSPS) is 19.2. The van der Waals surface area contributed by atoms with E-state index in [2.05, 4.69) is 21.2 Å². The van der Waals surface area contributed by atoms with E-state index in [9.17, 15) is 14.4 Å². The Kier molecular flexibility index (Phi) is 5.99. The highest BCUT2D eigenvalue weighted by Gasteiger charge is 2.61. The summed E-state index contributed by atoms with van der Waals surface area (Å²) in [5.74, 6) is -2.56. The molecule has 1 atom stereocenters. The fourth-order valence-electron chi connectivity index (χ4n) is 4.16. The maximum absolute atomic E-state index is 13.6. The molecule has 2 aromatic rings. The Morgan fingerprint density at radius 2 is 1.79 bits per heavy atom. The fourth-order valence-corrected chi connectivity index (χ4v) is 4.52. The Hall–Kier alpha value is -3.59. The average Bonchev–Trinajstić information content (AvgIpc) is 3.04. The molecule has 8 nitrogen and oxygen atoms in total. The van der Waals surface area contributed by atoms with E-state index < -0.39 is 23.3 Å². The second-order valence-electron chi connectivity index (χ2n) is 7.45. The van der Waals surface area contributed by atoms with Crippen LogP contribution in [-0.4, -0.2) is 24.5 Å². The van der Waals surface area contributed by atoms with E-state index >= 15 is 0 Å². The molecule has 170 valence electrons. The second-order valence-corrected chi connectivity index (χ2v) is 8.36. The maximum Gasteiger partial charge on any atom is 0.341 e. The summed E-state index contributed by atoms with van der Waals surface area (Å²) < 4.78 is 17.0. The van der Waals surface area contributed by atoms with Gasteiger partial charge in [0.05, 0.1) is 6.61 Å². The highest BCUT2D eigenvalue weighted by Crippen LogP contribution is 2.53. The zero-order chi connectivity index (χ0) is 23.8. The summed E-state index contributed by atoms with van der Waals surface area (Å²) in [7, 11) is 0. The molecule has 2 aliphatic heterocycles. The van der Waals surface area contributed by atoms with Gasteiger partial charge in [0.1, 0.15) is 28.9 Å². The van der Waals surface area contributed by atoms with Gasteiger partial charge in [-0.3, -0.25) is 4.79 Å². The van der Waals surface area contributed by atoms with Crippen molar-refractivity contribution in [3.63, 3.8) is 0 Å². The quantitative estimate of drug-likeness (QED) is 0.589. The number of carbonyl (C=O) groups is 3. The smallest absolute Gasteiger partial charge is 0.341 e. The molecule has 0 unspecified atom stereocenters. The first kappa shape index (κ1) is 22.6. The Labute approximate surface area is 198 Å². The van der Waals surface area contributed by atoms with Crippen LogP contribution >= 0.6 is 15.9 Å². The minimum atomic E-state index is -1.90. The number of rotatable bonds is 5. The van der Waals surface area contributed by atoms with Crippen LogP contribution in [-0.2, 0) is 40.6 Å². The predicted molar refractivity (Wildman–Crippen MR) is 122 cm³/mol. The van der Waals surface area contributed by atoms with Crippen molar-refractivity contribution in [3.8, 4) is 0 Å². The van der Waals surface area contributed by atoms with E-state index in [0.29, 0.717) is 15.7 Å². The van der Waals surface area contributed by atoms with Gasteiger partial charge in [-0.05, 0) is 37.6 Å². The maximum atomic E-state index is 13.6. The predicted octanol–water partition coefficient (Wildman–Crippen LogP) is 3.42. The highest BCUT2D eigenvalue weighted by molar-refractivity contribution is 9.10.